The van der Waals surface area contributed by atoms with E-state index in [9.17, 15) is 4.79 Å². The summed E-state index contributed by atoms with van der Waals surface area (Å²) in [5.41, 5.74) is 3.21. The molecule has 1 aliphatic heterocycles. The maximum atomic E-state index is 10.9. The van der Waals surface area contributed by atoms with E-state index >= 15 is 0 Å². The van der Waals surface area contributed by atoms with E-state index in [0.717, 1.165) is 55.2 Å². The molecule has 4 rings (SSSR count). The molecule has 1 saturated heterocycles. The Balaban J connectivity index is 1.50. The first-order chi connectivity index (χ1) is 14.7. The zero-order valence-electron chi connectivity index (χ0n) is 16.6. The second-order valence-corrected chi connectivity index (χ2v) is 7.19. The largest absolute Gasteiger partial charge is 0.482 e. The van der Waals surface area contributed by atoms with Crippen LogP contribution in [0, 0.1) is 0 Å². The lowest BCUT2D eigenvalue weighted by Gasteiger charge is -2.35. The average molecular weight is 404 g/mol. The van der Waals surface area contributed by atoms with Crippen LogP contribution in [0.4, 0.5) is 5.82 Å². The Morgan fingerprint density at radius 3 is 2.60 bits per heavy atom. The zero-order valence-corrected chi connectivity index (χ0v) is 16.6. The van der Waals surface area contributed by atoms with Gasteiger partial charge in [0.05, 0.1) is 0 Å². The van der Waals surface area contributed by atoms with Gasteiger partial charge in [-0.15, -0.1) is 0 Å². The first-order valence-electron chi connectivity index (χ1n) is 9.95. The number of carboxylic acid groups (broad SMARTS) is 1. The van der Waals surface area contributed by atoms with Crippen LogP contribution < -0.4 is 9.64 Å². The van der Waals surface area contributed by atoms with Crippen LogP contribution in [0.3, 0.4) is 0 Å². The van der Waals surface area contributed by atoms with E-state index in [1.54, 1.807) is 6.20 Å². The Morgan fingerprint density at radius 2 is 1.90 bits per heavy atom. The van der Waals surface area contributed by atoms with Crippen LogP contribution in [0.2, 0.25) is 0 Å². The molecule has 0 bridgehead atoms. The predicted molar refractivity (Wildman–Crippen MR) is 115 cm³/mol. The van der Waals surface area contributed by atoms with E-state index < -0.39 is 5.97 Å². The number of ether oxygens (including phenoxy) is 1. The highest BCUT2D eigenvalue weighted by atomic mass is 16.5. The summed E-state index contributed by atoms with van der Waals surface area (Å²) in [6.07, 6.45) is 5.42. The minimum atomic E-state index is -0.987. The molecule has 0 saturated carbocycles. The first kappa shape index (κ1) is 19.8. The molecule has 0 radical (unpaired) electrons. The van der Waals surface area contributed by atoms with E-state index in [1.165, 1.54) is 0 Å². The number of carboxylic acids is 1. The van der Waals surface area contributed by atoms with Crippen LogP contribution in [0.15, 0.2) is 67.1 Å². The SMILES string of the molecule is O=C(O)COc1ccc(-c2cccnc2)c(CN2CCN(c3ccccn3)CC2)c1. The number of piperazine rings is 1. The molecular weight excluding hydrogens is 380 g/mol. The van der Waals surface area contributed by atoms with Gasteiger partial charge in [0.1, 0.15) is 11.6 Å². The molecular formula is C23H24N4O3. The van der Waals surface area contributed by atoms with Gasteiger partial charge in [-0.1, -0.05) is 18.2 Å². The van der Waals surface area contributed by atoms with Gasteiger partial charge in [0.2, 0.25) is 0 Å². The molecule has 1 aromatic carbocycles. The number of anilines is 1. The third-order valence-corrected chi connectivity index (χ3v) is 5.15. The van der Waals surface area contributed by atoms with Gasteiger partial charge >= 0.3 is 5.97 Å². The molecule has 0 unspecified atom stereocenters. The van der Waals surface area contributed by atoms with Gasteiger partial charge in [-0.25, -0.2) is 9.78 Å². The average Bonchev–Trinajstić information content (AvgIpc) is 2.79. The van der Waals surface area contributed by atoms with Crippen LogP contribution >= 0.6 is 0 Å². The summed E-state index contributed by atoms with van der Waals surface area (Å²) in [5.74, 6) is 0.586. The molecule has 2 aromatic heterocycles. The lowest BCUT2D eigenvalue weighted by atomic mass is 10.00. The summed E-state index contributed by atoms with van der Waals surface area (Å²) >= 11 is 0. The van der Waals surface area contributed by atoms with Crippen LogP contribution in [0.25, 0.3) is 11.1 Å². The highest BCUT2D eigenvalue weighted by Crippen LogP contribution is 2.28. The van der Waals surface area contributed by atoms with Crippen molar-refractivity contribution in [2.24, 2.45) is 0 Å². The minimum absolute atomic E-state index is 0.353. The molecule has 3 aromatic rings. The number of aromatic nitrogens is 2. The van der Waals surface area contributed by atoms with Gasteiger partial charge in [0.25, 0.3) is 0 Å². The molecule has 154 valence electrons. The maximum absolute atomic E-state index is 10.9. The van der Waals surface area contributed by atoms with Gasteiger partial charge < -0.3 is 14.7 Å². The van der Waals surface area contributed by atoms with Crippen LogP contribution in [-0.2, 0) is 11.3 Å². The summed E-state index contributed by atoms with van der Waals surface area (Å²) in [5, 5.41) is 8.91. The van der Waals surface area contributed by atoms with E-state index in [1.807, 2.05) is 60.9 Å². The van der Waals surface area contributed by atoms with Crippen LogP contribution in [0.5, 0.6) is 5.75 Å². The van der Waals surface area contributed by atoms with Gasteiger partial charge in [-0.2, -0.15) is 0 Å². The fourth-order valence-corrected chi connectivity index (χ4v) is 3.66. The molecule has 0 atom stereocenters. The Hall–Kier alpha value is -3.45. The van der Waals surface area contributed by atoms with Crippen molar-refractivity contribution < 1.29 is 14.6 Å². The molecule has 7 nitrogen and oxygen atoms in total. The second-order valence-electron chi connectivity index (χ2n) is 7.19. The molecule has 1 fully saturated rings. The molecule has 30 heavy (non-hydrogen) atoms. The number of hydrogen-bond acceptors (Lipinski definition) is 6. The van der Waals surface area contributed by atoms with Crippen molar-refractivity contribution in [3.63, 3.8) is 0 Å². The fourth-order valence-electron chi connectivity index (χ4n) is 3.66. The Morgan fingerprint density at radius 1 is 1.03 bits per heavy atom. The monoisotopic (exact) mass is 404 g/mol. The molecule has 1 aliphatic rings. The Labute approximate surface area is 175 Å². The topological polar surface area (TPSA) is 78.8 Å². The van der Waals surface area contributed by atoms with Gasteiger partial charge in [0.15, 0.2) is 6.61 Å². The number of aliphatic carboxylic acids is 1. The standard InChI is InChI=1S/C23H24N4O3/c28-23(29)17-30-20-6-7-21(18-4-3-8-24-15-18)19(14-20)16-26-10-12-27(13-11-26)22-5-1-2-9-25-22/h1-9,14-15H,10-13,16-17H2,(H,28,29). The van der Waals surface area contributed by atoms with Crippen LogP contribution in [0.1, 0.15) is 5.56 Å². The summed E-state index contributed by atoms with van der Waals surface area (Å²) in [6, 6.07) is 15.7. The van der Waals surface area contributed by atoms with Crippen molar-refractivity contribution in [3.8, 4) is 16.9 Å². The van der Waals surface area contributed by atoms with Crippen molar-refractivity contribution in [2.75, 3.05) is 37.7 Å². The van der Waals surface area contributed by atoms with Crippen molar-refractivity contribution in [1.29, 1.82) is 0 Å². The predicted octanol–water partition coefficient (Wildman–Crippen LogP) is 2.93. The number of pyridine rings is 2. The van der Waals surface area contributed by atoms with E-state index in [0.29, 0.717) is 5.75 Å². The Bertz CT molecular complexity index is 974. The third kappa shape index (κ3) is 4.93. The summed E-state index contributed by atoms with van der Waals surface area (Å²) in [7, 11) is 0. The lowest BCUT2D eigenvalue weighted by Crippen LogP contribution is -2.46. The Kier molecular flexibility index (Phi) is 6.20. The molecule has 1 N–H and O–H groups in total. The number of nitrogens with zero attached hydrogens (tertiary/aromatic N) is 4. The highest BCUT2D eigenvalue weighted by Gasteiger charge is 2.19. The lowest BCUT2D eigenvalue weighted by molar-refractivity contribution is -0.139. The summed E-state index contributed by atoms with van der Waals surface area (Å²) in [6.45, 7) is 4.06. The molecule has 7 heteroatoms. The third-order valence-electron chi connectivity index (χ3n) is 5.15. The summed E-state index contributed by atoms with van der Waals surface area (Å²) < 4.78 is 5.41. The maximum Gasteiger partial charge on any atom is 0.341 e. The second kappa shape index (κ2) is 9.37. The molecule has 3 heterocycles. The molecule has 0 aliphatic carbocycles. The van der Waals surface area contributed by atoms with Crippen molar-refractivity contribution in [3.05, 3.63) is 72.7 Å². The van der Waals surface area contributed by atoms with E-state index in [2.05, 4.69) is 19.8 Å². The normalized spacial score (nSPS) is 14.5. The zero-order chi connectivity index (χ0) is 20.8. The highest BCUT2D eigenvalue weighted by molar-refractivity contribution is 5.69. The van der Waals surface area contributed by atoms with Crippen molar-refractivity contribution in [2.45, 2.75) is 6.54 Å². The fraction of sp³-hybridized carbons (Fsp3) is 0.261. The minimum Gasteiger partial charge on any atom is -0.482 e. The van der Waals surface area contributed by atoms with Crippen molar-refractivity contribution >= 4 is 11.8 Å². The van der Waals surface area contributed by atoms with E-state index in [4.69, 9.17) is 9.84 Å². The number of benzene rings is 1. The van der Waals surface area contributed by atoms with Gasteiger partial charge in [0, 0.05) is 56.9 Å². The van der Waals surface area contributed by atoms with Crippen molar-refractivity contribution in [1.82, 2.24) is 14.9 Å². The smallest absolute Gasteiger partial charge is 0.341 e. The van der Waals surface area contributed by atoms with Gasteiger partial charge in [-0.3, -0.25) is 9.88 Å². The molecule has 0 spiro atoms. The first-order valence-corrected chi connectivity index (χ1v) is 9.95. The molecule has 0 amide bonds. The number of carbonyl (C=O) groups is 1. The number of hydrogen-bond donors (Lipinski definition) is 1. The van der Waals surface area contributed by atoms with Gasteiger partial charge in [-0.05, 0) is 41.5 Å². The number of rotatable bonds is 7. The quantitative estimate of drug-likeness (QED) is 0.649. The van der Waals surface area contributed by atoms with E-state index in [-0.39, 0.29) is 6.61 Å². The summed E-state index contributed by atoms with van der Waals surface area (Å²) in [4.78, 5) is 24.2. The van der Waals surface area contributed by atoms with Crippen LogP contribution in [-0.4, -0.2) is 58.7 Å².